The van der Waals surface area contributed by atoms with Gasteiger partial charge in [0.25, 0.3) is 0 Å². The third-order valence-corrected chi connectivity index (χ3v) is 3.41. The van der Waals surface area contributed by atoms with Crippen molar-refractivity contribution < 1.29 is 9.84 Å². The number of unbranched alkanes of at least 4 members (excludes halogenated alkanes) is 2. The van der Waals surface area contributed by atoms with E-state index in [1.807, 2.05) is 12.1 Å². The lowest BCUT2D eigenvalue weighted by Crippen LogP contribution is -2.09. The molecule has 0 aromatic heterocycles. The monoisotopic (exact) mass is 234 g/mol. The predicted octanol–water partition coefficient (Wildman–Crippen LogP) is 3.63. The summed E-state index contributed by atoms with van der Waals surface area (Å²) < 4.78 is 5.73. The molecular weight excluding hydrogens is 212 g/mol. The van der Waals surface area contributed by atoms with Crippen molar-refractivity contribution in [2.75, 3.05) is 6.61 Å². The summed E-state index contributed by atoms with van der Waals surface area (Å²) in [6.45, 7) is 3.00. The molecule has 2 heteroatoms. The Morgan fingerprint density at radius 2 is 2.24 bits per heavy atom. The van der Waals surface area contributed by atoms with Gasteiger partial charge in [0.05, 0.1) is 12.7 Å². The van der Waals surface area contributed by atoms with Crippen molar-refractivity contribution in [3.63, 3.8) is 0 Å². The number of ether oxygens (including phenoxy) is 1. The fourth-order valence-corrected chi connectivity index (χ4v) is 2.40. The Bertz CT molecular complexity index is 360. The van der Waals surface area contributed by atoms with Crippen molar-refractivity contribution in [3.05, 3.63) is 29.3 Å². The third kappa shape index (κ3) is 3.22. The number of aliphatic hydroxyl groups is 1. The average molecular weight is 234 g/mol. The van der Waals surface area contributed by atoms with Gasteiger partial charge in [-0.15, -0.1) is 0 Å². The summed E-state index contributed by atoms with van der Waals surface area (Å²) in [7, 11) is 0. The van der Waals surface area contributed by atoms with Gasteiger partial charge in [0.15, 0.2) is 0 Å². The first-order valence-electron chi connectivity index (χ1n) is 6.75. The number of hydrogen-bond donors (Lipinski definition) is 1. The highest BCUT2D eigenvalue weighted by atomic mass is 16.5. The molecule has 1 aromatic rings. The van der Waals surface area contributed by atoms with Gasteiger partial charge in [-0.3, -0.25) is 0 Å². The zero-order chi connectivity index (χ0) is 12.1. The van der Waals surface area contributed by atoms with Gasteiger partial charge >= 0.3 is 0 Å². The van der Waals surface area contributed by atoms with Gasteiger partial charge in [0.2, 0.25) is 0 Å². The molecule has 94 valence electrons. The fraction of sp³-hybridized carbons (Fsp3) is 0.600. The number of benzene rings is 1. The van der Waals surface area contributed by atoms with Gasteiger partial charge in [0, 0.05) is 0 Å². The van der Waals surface area contributed by atoms with E-state index in [1.165, 1.54) is 18.4 Å². The number of fused-ring (bicyclic) bond motifs is 1. The summed E-state index contributed by atoms with van der Waals surface area (Å²) in [6.07, 6.45) is 6.34. The Kier molecular flexibility index (Phi) is 4.43. The first kappa shape index (κ1) is 12.4. The third-order valence-electron chi connectivity index (χ3n) is 3.41. The van der Waals surface area contributed by atoms with Crippen LogP contribution in [-0.4, -0.2) is 11.7 Å². The Labute approximate surface area is 104 Å². The van der Waals surface area contributed by atoms with Crippen molar-refractivity contribution in [2.24, 2.45) is 0 Å². The highest BCUT2D eigenvalue weighted by Crippen LogP contribution is 2.31. The zero-order valence-corrected chi connectivity index (χ0v) is 10.6. The summed E-state index contributed by atoms with van der Waals surface area (Å²) in [4.78, 5) is 0. The van der Waals surface area contributed by atoms with E-state index in [-0.39, 0.29) is 6.10 Å². The van der Waals surface area contributed by atoms with Gasteiger partial charge in [-0.25, -0.2) is 0 Å². The summed E-state index contributed by atoms with van der Waals surface area (Å²) in [5.74, 6) is 0.953. The highest BCUT2D eigenvalue weighted by Gasteiger charge is 2.17. The Morgan fingerprint density at radius 3 is 3.06 bits per heavy atom. The van der Waals surface area contributed by atoms with Crippen LogP contribution in [0.2, 0.25) is 0 Å². The van der Waals surface area contributed by atoms with E-state index in [1.54, 1.807) is 0 Å². The Hall–Kier alpha value is -1.02. The van der Waals surface area contributed by atoms with Crippen molar-refractivity contribution >= 4 is 0 Å². The maximum Gasteiger partial charge on any atom is 0.119 e. The Morgan fingerprint density at radius 1 is 1.35 bits per heavy atom. The second kappa shape index (κ2) is 6.06. The summed E-state index contributed by atoms with van der Waals surface area (Å²) >= 11 is 0. The predicted molar refractivity (Wildman–Crippen MR) is 69.4 cm³/mol. The molecule has 0 radical (unpaired) electrons. The molecule has 1 unspecified atom stereocenters. The highest BCUT2D eigenvalue weighted by molar-refractivity contribution is 5.38. The van der Waals surface area contributed by atoms with Crippen LogP contribution in [0.15, 0.2) is 18.2 Å². The van der Waals surface area contributed by atoms with E-state index >= 15 is 0 Å². The number of aliphatic hydroxyl groups excluding tert-OH is 1. The summed E-state index contributed by atoms with van der Waals surface area (Å²) in [5.41, 5.74) is 2.36. The van der Waals surface area contributed by atoms with E-state index in [4.69, 9.17) is 4.74 Å². The van der Waals surface area contributed by atoms with Crippen LogP contribution in [0.3, 0.4) is 0 Å². The van der Waals surface area contributed by atoms with Gasteiger partial charge in [-0.1, -0.05) is 25.8 Å². The molecule has 17 heavy (non-hydrogen) atoms. The van der Waals surface area contributed by atoms with E-state index in [0.717, 1.165) is 43.6 Å². The van der Waals surface area contributed by atoms with Gasteiger partial charge in [0.1, 0.15) is 5.75 Å². The van der Waals surface area contributed by atoms with E-state index in [0.29, 0.717) is 0 Å². The lowest BCUT2D eigenvalue weighted by Gasteiger charge is -2.21. The van der Waals surface area contributed by atoms with Crippen molar-refractivity contribution in [3.8, 4) is 5.75 Å². The zero-order valence-electron chi connectivity index (χ0n) is 10.6. The van der Waals surface area contributed by atoms with Gasteiger partial charge in [-0.2, -0.15) is 0 Å². The van der Waals surface area contributed by atoms with E-state index < -0.39 is 0 Å². The van der Waals surface area contributed by atoms with Crippen LogP contribution < -0.4 is 4.74 Å². The van der Waals surface area contributed by atoms with Gasteiger partial charge < -0.3 is 9.84 Å². The topological polar surface area (TPSA) is 29.5 Å². The van der Waals surface area contributed by atoms with Crippen LogP contribution in [0.1, 0.15) is 56.3 Å². The number of aryl methyl sites for hydroxylation is 1. The molecule has 0 amide bonds. The van der Waals surface area contributed by atoms with Crippen LogP contribution in [0.25, 0.3) is 0 Å². The minimum atomic E-state index is -0.270. The molecule has 0 heterocycles. The van der Waals surface area contributed by atoms with Crippen LogP contribution in [-0.2, 0) is 6.42 Å². The fourth-order valence-electron chi connectivity index (χ4n) is 2.40. The van der Waals surface area contributed by atoms with Gasteiger partial charge in [-0.05, 0) is 48.9 Å². The second-order valence-corrected chi connectivity index (χ2v) is 4.82. The molecule has 0 fully saturated rings. The van der Waals surface area contributed by atoms with Crippen LogP contribution >= 0.6 is 0 Å². The molecule has 2 rings (SSSR count). The number of rotatable bonds is 5. The molecule has 0 saturated heterocycles. The molecule has 0 saturated carbocycles. The largest absolute Gasteiger partial charge is 0.494 e. The lowest BCUT2D eigenvalue weighted by atomic mass is 9.89. The molecule has 1 N–H and O–H groups in total. The SMILES string of the molecule is CCCCCOc1ccc2c(c1)CCCC2O. The van der Waals surface area contributed by atoms with Crippen molar-refractivity contribution in [1.29, 1.82) is 0 Å². The summed E-state index contributed by atoms with van der Waals surface area (Å²) in [6, 6.07) is 6.11. The Balaban J connectivity index is 1.96. The first-order valence-corrected chi connectivity index (χ1v) is 6.75. The maximum atomic E-state index is 9.86. The molecular formula is C15H22O2. The molecule has 2 nitrogen and oxygen atoms in total. The number of hydrogen-bond acceptors (Lipinski definition) is 2. The quantitative estimate of drug-likeness (QED) is 0.788. The maximum absolute atomic E-state index is 9.86. The molecule has 0 spiro atoms. The molecule has 0 aliphatic heterocycles. The average Bonchev–Trinajstić information content (AvgIpc) is 2.35. The van der Waals surface area contributed by atoms with Crippen LogP contribution in [0.4, 0.5) is 0 Å². The molecule has 0 bridgehead atoms. The van der Waals surface area contributed by atoms with Crippen molar-refractivity contribution in [2.45, 2.75) is 51.6 Å². The minimum absolute atomic E-state index is 0.270. The smallest absolute Gasteiger partial charge is 0.119 e. The second-order valence-electron chi connectivity index (χ2n) is 4.82. The van der Waals surface area contributed by atoms with Crippen LogP contribution in [0.5, 0.6) is 5.75 Å². The molecule has 1 aromatic carbocycles. The van der Waals surface area contributed by atoms with E-state index in [2.05, 4.69) is 13.0 Å². The minimum Gasteiger partial charge on any atom is -0.494 e. The first-order chi connectivity index (χ1) is 8.31. The summed E-state index contributed by atoms with van der Waals surface area (Å²) in [5, 5.41) is 9.86. The van der Waals surface area contributed by atoms with Crippen molar-refractivity contribution in [1.82, 2.24) is 0 Å². The molecule has 1 aliphatic rings. The van der Waals surface area contributed by atoms with Crippen LogP contribution in [0, 0.1) is 0 Å². The lowest BCUT2D eigenvalue weighted by molar-refractivity contribution is 0.156. The normalized spacial score (nSPS) is 18.8. The standard InChI is InChI=1S/C15H22O2/c1-2-3-4-10-17-13-8-9-14-12(11-13)6-5-7-15(14)16/h8-9,11,15-16H,2-7,10H2,1H3. The molecule has 1 atom stereocenters. The molecule has 1 aliphatic carbocycles. The van der Waals surface area contributed by atoms with E-state index in [9.17, 15) is 5.11 Å².